The van der Waals surface area contributed by atoms with E-state index in [0.717, 1.165) is 12.2 Å². The Morgan fingerprint density at radius 3 is 2.88 bits per heavy atom. The maximum Gasteiger partial charge on any atom is 0.148 e. The van der Waals surface area contributed by atoms with Gasteiger partial charge in [0, 0.05) is 12.7 Å². The third kappa shape index (κ3) is 2.28. The van der Waals surface area contributed by atoms with Gasteiger partial charge in [-0.1, -0.05) is 19.1 Å². The third-order valence-electron chi connectivity index (χ3n) is 2.30. The molecule has 0 aliphatic rings. The van der Waals surface area contributed by atoms with Crippen LogP contribution in [0.5, 0.6) is 0 Å². The minimum absolute atomic E-state index is 0.263. The standard InChI is InChI=1S/C12H14FN3/c1-2-14-9-10-7-8-16(15-10)12-6-4-3-5-11(12)13/h3-8,14H,2,9H2,1H3. The summed E-state index contributed by atoms with van der Waals surface area (Å²) >= 11 is 0. The lowest BCUT2D eigenvalue weighted by Crippen LogP contribution is -2.12. The summed E-state index contributed by atoms with van der Waals surface area (Å²) in [6.07, 6.45) is 1.77. The maximum absolute atomic E-state index is 13.5. The monoisotopic (exact) mass is 219 g/mol. The SMILES string of the molecule is CCNCc1ccn(-c2ccccc2F)n1. The van der Waals surface area contributed by atoms with Gasteiger partial charge in [0.05, 0.1) is 5.69 Å². The van der Waals surface area contributed by atoms with Gasteiger partial charge in [0.15, 0.2) is 0 Å². The summed E-state index contributed by atoms with van der Waals surface area (Å²) in [5.74, 6) is -0.263. The minimum Gasteiger partial charge on any atom is -0.311 e. The maximum atomic E-state index is 13.5. The molecule has 2 rings (SSSR count). The van der Waals surface area contributed by atoms with Crippen LogP contribution in [0.1, 0.15) is 12.6 Å². The van der Waals surface area contributed by atoms with Crippen molar-refractivity contribution in [2.45, 2.75) is 13.5 Å². The summed E-state index contributed by atoms with van der Waals surface area (Å²) < 4.78 is 15.0. The van der Waals surface area contributed by atoms with Crippen LogP contribution in [0.4, 0.5) is 4.39 Å². The van der Waals surface area contributed by atoms with Gasteiger partial charge in [-0.2, -0.15) is 5.10 Å². The third-order valence-corrected chi connectivity index (χ3v) is 2.30. The molecule has 0 saturated carbocycles. The van der Waals surface area contributed by atoms with E-state index in [1.807, 2.05) is 13.0 Å². The molecule has 0 unspecified atom stereocenters. The van der Waals surface area contributed by atoms with Crippen molar-refractivity contribution in [3.8, 4) is 5.69 Å². The Balaban J connectivity index is 2.22. The lowest BCUT2D eigenvalue weighted by molar-refractivity contribution is 0.608. The van der Waals surface area contributed by atoms with Gasteiger partial charge in [0.25, 0.3) is 0 Å². The van der Waals surface area contributed by atoms with E-state index in [4.69, 9.17) is 0 Å². The van der Waals surface area contributed by atoms with Gasteiger partial charge in [0.1, 0.15) is 11.5 Å². The van der Waals surface area contributed by atoms with Crippen LogP contribution in [0.15, 0.2) is 36.5 Å². The van der Waals surface area contributed by atoms with Gasteiger partial charge < -0.3 is 5.32 Å². The molecule has 2 aromatic rings. The van der Waals surface area contributed by atoms with Crippen LogP contribution in [0, 0.1) is 5.82 Å². The molecule has 84 valence electrons. The molecule has 0 bridgehead atoms. The summed E-state index contributed by atoms with van der Waals surface area (Å²) in [5.41, 5.74) is 1.38. The number of hydrogen-bond donors (Lipinski definition) is 1. The number of para-hydroxylation sites is 1. The van der Waals surface area contributed by atoms with E-state index in [-0.39, 0.29) is 5.82 Å². The molecular weight excluding hydrogens is 205 g/mol. The van der Waals surface area contributed by atoms with E-state index in [2.05, 4.69) is 10.4 Å². The van der Waals surface area contributed by atoms with Gasteiger partial charge in [-0.15, -0.1) is 0 Å². The molecule has 4 heteroatoms. The zero-order valence-electron chi connectivity index (χ0n) is 9.15. The Morgan fingerprint density at radius 1 is 1.31 bits per heavy atom. The molecule has 16 heavy (non-hydrogen) atoms. The smallest absolute Gasteiger partial charge is 0.148 e. The zero-order chi connectivity index (χ0) is 11.4. The van der Waals surface area contributed by atoms with Crippen molar-refractivity contribution in [3.05, 3.63) is 48.0 Å². The summed E-state index contributed by atoms with van der Waals surface area (Å²) in [4.78, 5) is 0. The van der Waals surface area contributed by atoms with Crippen molar-refractivity contribution in [1.29, 1.82) is 0 Å². The average Bonchev–Trinajstić information content (AvgIpc) is 2.75. The number of halogens is 1. The number of nitrogens with one attached hydrogen (secondary N) is 1. The quantitative estimate of drug-likeness (QED) is 0.853. The molecule has 0 aliphatic heterocycles. The average molecular weight is 219 g/mol. The van der Waals surface area contributed by atoms with E-state index >= 15 is 0 Å². The zero-order valence-corrected chi connectivity index (χ0v) is 9.15. The van der Waals surface area contributed by atoms with Crippen LogP contribution < -0.4 is 5.32 Å². The summed E-state index contributed by atoms with van der Waals surface area (Å²) in [5, 5.41) is 7.47. The van der Waals surface area contributed by atoms with Crippen LogP contribution in [-0.2, 0) is 6.54 Å². The van der Waals surface area contributed by atoms with Gasteiger partial charge >= 0.3 is 0 Å². The molecule has 0 aliphatic carbocycles. The highest BCUT2D eigenvalue weighted by atomic mass is 19.1. The highest BCUT2D eigenvalue weighted by molar-refractivity contribution is 5.32. The first-order chi connectivity index (χ1) is 7.81. The summed E-state index contributed by atoms with van der Waals surface area (Å²) in [6, 6.07) is 8.49. The lowest BCUT2D eigenvalue weighted by atomic mass is 10.3. The van der Waals surface area contributed by atoms with Crippen molar-refractivity contribution in [2.24, 2.45) is 0 Å². The molecule has 1 N–H and O–H groups in total. The molecule has 0 atom stereocenters. The largest absolute Gasteiger partial charge is 0.311 e. The molecule has 3 nitrogen and oxygen atoms in total. The molecule has 0 saturated heterocycles. The molecule has 0 fully saturated rings. The number of benzene rings is 1. The first kappa shape index (κ1) is 10.8. The van der Waals surface area contributed by atoms with E-state index in [1.165, 1.54) is 6.07 Å². The molecule has 0 radical (unpaired) electrons. The van der Waals surface area contributed by atoms with Crippen molar-refractivity contribution in [2.75, 3.05) is 6.54 Å². The van der Waals surface area contributed by atoms with Crippen molar-refractivity contribution in [1.82, 2.24) is 15.1 Å². The number of nitrogens with zero attached hydrogens (tertiary/aromatic N) is 2. The molecule has 1 aromatic heterocycles. The molecule has 1 heterocycles. The van der Waals surface area contributed by atoms with E-state index in [9.17, 15) is 4.39 Å². The van der Waals surface area contributed by atoms with Crippen LogP contribution >= 0.6 is 0 Å². The van der Waals surface area contributed by atoms with Crippen LogP contribution in [0.3, 0.4) is 0 Å². The van der Waals surface area contributed by atoms with Gasteiger partial charge in [-0.3, -0.25) is 0 Å². The number of aromatic nitrogens is 2. The fourth-order valence-electron chi connectivity index (χ4n) is 1.48. The van der Waals surface area contributed by atoms with Crippen LogP contribution in [0.2, 0.25) is 0 Å². The number of hydrogen-bond acceptors (Lipinski definition) is 2. The van der Waals surface area contributed by atoms with E-state index < -0.39 is 0 Å². The predicted octanol–water partition coefficient (Wildman–Crippen LogP) is 2.12. The first-order valence-corrected chi connectivity index (χ1v) is 5.31. The molecule has 0 amide bonds. The fourth-order valence-corrected chi connectivity index (χ4v) is 1.48. The Labute approximate surface area is 93.9 Å². The Kier molecular flexibility index (Phi) is 3.31. The second kappa shape index (κ2) is 4.90. The van der Waals surface area contributed by atoms with Gasteiger partial charge in [-0.05, 0) is 24.7 Å². The Morgan fingerprint density at radius 2 is 2.12 bits per heavy atom. The predicted molar refractivity (Wildman–Crippen MR) is 60.9 cm³/mol. The Bertz CT molecular complexity index is 465. The van der Waals surface area contributed by atoms with Crippen LogP contribution in [0.25, 0.3) is 5.69 Å². The second-order valence-corrected chi connectivity index (χ2v) is 3.48. The van der Waals surface area contributed by atoms with Gasteiger partial charge in [0.2, 0.25) is 0 Å². The highest BCUT2D eigenvalue weighted by Gasteiger charge is 2.04. The molecule has 0 spiro atoms. The summed E-state index contributed by atoms with van der Waals surface area (Å²) in [6.45, 7) is 3.64. The highest BCUT2D eigenvalue weighted by Crippen LogP contribution is 2.11. The summed E-state index contributed by atoms with van der Waals surface area (Å²) in [7, 11) is 0. The second-order valence-electron chi connectivity index (χ2n) is 3.48. The molecular formula is C12H14FN3. The van der Waals surface area contributed by atoms with Crippen molar-refractivity contribution < 1.29 is 4.39 Å². The van der Waals surface area contributed by atoms with Crippen molar-refractivity contribution in [3.63, 3.8) is 0 Å². The first-order valence-electron chi connectivity index (χ1n) is 5.31. The topological polar surface area (TPSA) is 29.9 Å². The van der Waals surface area contributed by atoms with Gasteiger partial charge in [-0.25, -0.2) is 9.07 Å². The number of rotatable bonds is 4. The Hall–Kier alpha value is -1.68. The fraction of sp³-hybridized carbons (Fsp3) is 0.250. The lowest BCUT2D eigenvalue weighted by Gasteiger charge is -2.02. The van der Waals surface area contributed by atoms with Crippen LogP contribution in [-0.4, -0.2) is 16.3 Å². The normalized spacial score (nSPS) is 10.6. The van der Waals surface area contributed by atoms with E-state index in [1.54, 1.807) is 29.1 Å². The van der Waals surface area contributed by atoms with E-state index in [0.29, 0.717) is 12.2 Å². The minimum atomic E-state index is -0.263. The van der Waals surface area contributed by atoms with Crippen molar-refractivity contribution >= 4 is 0 Å². The molecule has 1 aromatic carbocycles.